The van der Waals surface area contributed by atoms with Crippen LogP contribution < -0.4 is 0 Å². The van der Waals surface area contributed by atoms with E-state index in [9.17, 15) is 4.79 Å². The maximum atomic E-state index is 12.5. The van der Waals surface area contributed by atoms with Crippen molar-refractivity contribution in [3.8, 4) is 0 Å². The minimum atomic E-state index is -0.0609. The van der Waals surface area contributed by atoms with E-state index >= 15 is 0 Å². The molecule has 1 saturated carbocycles. The Morgan fingerprint density at radius 1 is 1.00 bits per heavy atom. The van der Waals surface area contributed by atoms with Gasteiger partial charge in [-0.15, -0.1) is 0 Å². The van der Waals surface area contributed by atoms with Gasteiger partial charge >= 0.3 is 0 Å². The van der Waals surface area contributed by atoms with Crippen molar-refractivity contribution in [2.24, 2.45) is 5.92 Å². The van der Waals surface area contributed by atoms with Gasteiger partial charge in [-0.2, -0.15) is 0 Å². The number of likely N-dealkylation sites (tertiary alicyclic amines) is 1. The van der Waals surface area contributed by atoms with Crippen molar-refractivity contribution in [2.45, 2.75) is 64.3 Å². The molecule has 0 spiro atoms. The summed E-state index contributed by atoms with van der Waals surface area (Å²) in [7, 11) is 0. The fourth-order valence-electron chi connectivity index (χ4n) is 3.54. The summed E-state index contributed by atoms with van der Waals surface area (Å²) in [6.07, 6.45) is 8.64. The quantitative estimate of drug-likeness (QED) is 0.733. The molecule has 1 heterocycles. The predicted octanol–water partition coefficient (Wildman–Crippen LogP) is 3.01. The second-order valence-electron chi connectivity index (χ2n) is 5.81. The number of hydrogen-bond acceptors (Lipinski definition) is 2. The Bertz CT molecular complexity index is 247. The van der Waals surface area contributed by atoms with Crippen LogP contribution in [0.3, 0.4) is 0 Å². The lowest BCUT2D eigenvalue weighted by Gasteiger charge is -2.43. The molecular formula is C14H25NO. The molecule has 0 atom stereocenters. The summed E-state index contributed by atoms with van der Waals surface area (Å²) in [6, 6.07) is 0. The molecule has 16 heavy (non-hydrogen) atoms. The maximum Gasteiger partial charge on any atom is 0.155 e. The van der Waals surface area contributed by atoms with Gasteiger partial charge in [-0.05, 0) is 38.8 Å². The molecule has 2 nitrogen and oxygen atoms in total. The van der Waals surface area contributed by atoms with Crippen molar-refractivity contribution in [3.05, 3.63) is 0 Å². The Hall–Kier alpha value is -0.370. The van der Waals surface area contributed by atoms with Crippen LogP contribution >= 0.6 is 0 Å². The highest BCUT2D eigenvalue weighted by Crippen LogP contribution is 2.39. The zero-order valence-corrected chi connectivity index (χ0v) is 10.8. The van der Waals surface area contributed by atoms with Gasteiger partial charge in [0, 0.05) is 5.92 Å². The van der Waals surface area contributed by atoms with Crippen LogP contribution in [0.5, 0.6) is 0 Å². The Morgan fingerprint density at radius 2 is 1.56 bits per heavy atom. The molecule has 0 aromatic rings. The van der Waals surface area contributed by atoms with Crippen LogP contribution in [-0.2, 0) is 4.79 Å². The first-order chi connectivity index (χ1) is 7.67. The average molecular weight is 223 g/mol. The van der Waals surface area contributed by atoms with Gasteiger partial charge in [-0.1, -0.05) is 33.1 Å². The molecule has 2 fully saturated rings. The number of Topliss-reactive ketones (excluding diaryl/α,β-unsaturated/α-hetero) is 1. The average Bonchev–Trinajstić information content (AvgIpc) is 2.79. The van der Waals surface area contributed by atoms with E-state index in [1.54, 1.807) is 0 Å². The fraction of sp³-hybridized carbons (Fsp3) is 0.929. The van der Waals surface area contributed by atoms with Gasteiger partial charge in [0.25, 0.3) is 0 Å². The van der Waals surface area contributed by atoms with Gasteiger partial charge in [-0.3, -0.25) is 9.69 Å². The Balaban J connectivity index is 2.17. The number of rotatable bonds is 3. The second kappa shape index (κ2) is 4.87. The molecule has 0 aromatic heterocycles. The van der Waals surface area contributed by atoms with Gasteiger partial charge < -0.3 is 0 Å². The Morgan fingerprint density at radius 3 is 2.06 bits per heavy atom. The monoisotopic (exact) mass is 223 g/mol. The number of nitrogens with zero attached hydrogens (tertiary/aromatic N) is 1. The van der Waals surface area contributed by atoms with Crippen LogP contribution in [0.2, 0.25) is 0 Å². The first-order valence-corrected chi connectivity index (χ1v) is 6.96. The molecule has 0 bridgehead atoms. The molecule has 1 aliphatic heterocycles. The van der Waals surface area contributed by atoms with Gasteiger partial charge in [0.15, 0.2) is 5.78 Å². The summed E-state index contributed by atoms with van der Waals surface area (Å²) in [5.41, 5.74) is -0.0609. The number of carbonyl (C=O) groups excluding carboxylic acids is 1. The van der Waals surface area contributed by atoms with Crippen molar-refractivity contribution < 1.29 is 4.79 Å². The van der Waals surface area contributed by atoms with Gasteiger partial charge in [0.1, 0.15) is 0 Å². The summed E-state index contributed by atoms with van der Waals surface area (Å²) in [4.78, 5) is 15.0. The summed E-state index contributed by atoms with van der Waals surface area (Å²) >= 11 is 0. The molecular weight excluding hydrogens is 198 g/mol. The van der Waals surface area contributed by atoms with E-state index in [1.807, 2.05) is 0 Å². The summed E-state index contributed by atoms with van der Waals surface area (Å²) in [5, 5.41) is 0. The molecule has 0 aromatic carbocycles. The van der Waals surface area contributed by atoms with E-state index in [0.29, 0.717) is 5.78 Å². The molecule has 0 unspecified atom stereocenters. The van der Waals surface area contributed by atoms with E-state index in [2.05, 4.69) is 18.7 Å². The lowest BCUT2D eigenvalue weighted by molar-refractivity contribution is -0.135. The highest BCUT2D eigenvalue weighted by Gasteiger charge is 2.46. The van der Waals surface area contributed by atoms with Gasteiger partial charge in [0.05, 0.1) is 5.54 Å². The topological polar surface area (TPSA) is 20.3 Å². The first kappa shape index (κ1) is 12.1. The summed E-state index contributed by atoms with van der Waals surface area (Å²) < 4.78 is 0. The molecule has 2 rings (SSSR count). The zero-order chi connectivity index (χ0) is 11.6. The van der Waals surface area contributed by atoms with Crippen LogP contribution in [0, 0.1) is 5.92 Å². The number of ketones is 1. The Kier molecular flexibility index (Phi) is 3.68. The lowest BCUT2D eigenvalue weighted by atomic mass is 9.83. The van der Waals surface area contributed by atoms with Crippen molar-refractivity contribution >= 4 is 5.78 Å². The predicted molar refractivity (Wildman–Crippen MR) is 66.5 cm³/mol. The zero-order valence-electron chi connectivity index (χ0n) is 10.8. The molecule has 2 heteroatoms. The second-order valence-corrected chi connectivity index (χ2v) is 5.81. The molecule has 0 amide bonds. The minimum Gasteiger partial charge on any atom is -0.297 e. The highest BCUT2D eigenvalue weighted by atomic mass is 16.1. The van der Waals surface area contributed by atoms with Crippen LogP contribution in [0.1, 0.15) is 58.8 Å². The first-order valence-electron chi connectivity index (χ1n) is 6.96. The fourth-order valence-corrected chi connectivity index (χ4v) is 3.54. The summed E-state index contributed by atoms with van der Waals surface area (Å²) in [5.74, 6) is 0.701. The molecule has 1 saturated heterocycles. The van der Waals surface area contributed by atoms with Crippen LogP contribution in [0.25, 0.3) is 0 Å². The lowest BCUT2D eigenvalue weighted by Crippen LogP contribution is -2.55. The highest BCUT2D eigenvalue weighted by molar-refractivity contribution is 5.90. The molecule has 1 aliphatic carbocycles. The summed E-state index contributed by atoms with van der Waals surface area (Å²) in [6.45, 7) is 6.43. The van der Waals surface area contributed by atoms with E-state index < -0.39 is 0 Å². The van der Waals surface area contributed by atoms with Crippen molar-refractivity contribution in [2.75, 3.05) is 13.1 Å². The molecule has 0 radical (unpaired) electrons. The normalized spacial score (nSPS) is 26.2. The molecule has 92 valence electrons. The SMILES string of the molecule is CC(C)C(=O)C1(N2CCCCC2)CCCC1. The van der Waals surface area contributed by atoms with Crippen LogP contribution in [0.4, 0.5) is 0 Å². The van der Waals surface area contributed by atoms with E-state index in [1.165, 1.54) is 32.1 Å². The minimum absolute atomic E-state index is 0.0609. The third kappa shape index (κ3) is 2.04. The third-order valence-corrected chi connectivity index (χ3v) is 4.38. The third-order valence-electron chi connectivity index (χ3n) is 4.38. The molecule has 0 N–H and O–H groups in total. The van der Waals surface area contributed by atoms with E-state index in [0.717, 1.165) is 25.9 Å². The largest absolute Gasteiger partial charge is 0.297 e. The van der Waals surface area contributed by atoms with Crippen LogP contribution in [-0.4, -0.2) is 29.3 Å². The van der Waals surface area contributed by atoms with E-state index in [-0.39, 0.29) is 11.5 Å². The number of piperidine rings is 1. The number of carbonyl (C=O) groups is 1. The van der Waals surface area contributed by atoms with Gasteiger partial charge in [-0.25, -0.2) is 0 Å². The van der Waals surface area contributed by atoms with Crippen LogP contribution in [0.15, 0.2) is 0 Å². The smallest absolute Gasteiger partial charge is 0.155 e. The Labute approximate surface area is 99.4 Å². The van der Waals surface area contributed by atoms with Crippen molar-refractivity contribution in [1.29, 1.82) is 0 Å². The number of hydrogen-bond donors (Lipinski definition) is 0. The van der Waals surface area contributed by atoms with Crippen molar-refractivity contribution in [1.82, 2.24) is 4.90 Å². The van der Waals surface area contributed by atoms with Crippen molar-refractivity contribution in [3.63, 3.8) is 0 Å². The van der Waals surface area contributed by atoms with Gasteiger partial charge in [0.2, 0.25) is 0 Å². The standard InChI is InChI=1S/C14H25NO/c1-12(2)13(16)14(8-4-5-9-14)15-10-6-3-7-11-15/h12H,3-11H2,1-2H3. The van der Waals surface area contributed by atoms with E-state index in [4.69, 9.17) is 0 Å². The maximum absolute atomic E-state index is 12.5. The molecule has 2 aliphatic rings.